The van der Waals surface area contributed by atoms with Gasteiger partial charge in [0.25, 0.3) is 0 Å². The minimum absolute atomic E-state index is 0.200. The largest absolute Gasteiger partial charge is 0.290 e. The monoisotopic (exact) mass is 271 g/mol. The molecule has 0 saturated heterocycles. The highest BCUT2D eigenvalue weighted by atomic mass is 16.2. The summed E-state index contributed by atoms with van der Waals surface area (Å²) in [4.78, 5) is 28.9. The maximum Gasteiger partial charge on any atom is 0.230 e. The zero-order valence-corrected chi connectivity index (χ0v) is 11.0. The fourth-order valence-electron chi connectivity index (χ4n) is 3.57. The van der Waals surface area contributed by atoms with E-state index in [1.807, 2.05) is 36.4 Å². The third-order valence-corrected chi connectivity index (χ3v) is 4.44. The number of carbonyl (C=O) groups excluding carboxylic acids is 2. The van der Waals surface area contributed by atoms with E-state index >= 15 is 0 Å². The summed E-state index contributed by atoms with van der Waals surface area (Å²) < 4.78 is 0. The highest BCUT2D eigenvalue weighted by Gasteiger charge is 2.31. The van der Waals surface area contributed by atoms with Gasteiger partial charge in [0.1, 0.15) is 0 Å². The van der Waals surface area contributed by atoms with Crippen molar-refractivity contribution in [1.82, 2.24) is 0 Å². The number of carbonyl (C=O) groups is 2. The number of rotatable bonds is 0. The fourth-order valence-corrected chi connectivity index (χ4v) is 3.57. The molecule has 0 fully saturated rings. The zero-order chi connectivity index (χ0) is 14.1. The topological polar surface area (TPSA) is 46.5 Å². The molecule has 0 radical (unpaired) electrons. The molecule has 0 aromatic heterocycles. The molecule has 5 rings (SSSR count). The van der Waals surface area contributed by atoms with Crippen LogP contribution >= 0.6 is 0 Å². The van der Waals surface area contributed by atoms with Gasteiger partial charge in [0.05, 0.1) is 5.36 Å². The smallest absolute Gasteiger partial charge is 0.230 e. The van der Waals surface area contributed by atoms with Crippen LogP contribution in [0.5, 0.6) is 0 Å². The predicted molar refractivity (Wildman–Crippen MR) is 80.3 cm³/mol. The van der Waals surface area contributed by atoms with Crippen molar-refractivity contribution in [3.05, 3.63) is 58.6 Å². The van der Waals surface area contributed by atoms with Gasteiger partial charge in [-0.1, -0.05) is 30.3 Å². The molecule has 1 aliphatic carbocycles. The number of hydrogen-bond donors (Lipinski definition) is 0. The predicted octanol–water partition coefficient (Wildman–Crippen LogP) is 2.62. The summed E-state index contributed by atoms with van der Waals surface area (Å²) in [5.74, 6) is -0.706. The lowest BCUT2D eigenvalue weighted by molar-refractivity contribution is -0.114. The quantitative estimate of drug-likeness (QED) is 0.590. The van der Waals surface area contributed by atoms with Gasteiger partial charge in [-0.15, -0.1) is 0 Å². The first kappa shape index (κ1) is 10.9. The van der Waals surface area contributed by atoms with E-state index in [-0.39, 0.29) is 18.0 Å². The molecular weight excluding hydrogens is 262 g/mol. The van der Waals surface area contributed by atoms with E-state index in [2.05, 4.69) is 4.99 Å². The molecule has 0 bridgehead atoms. The Morgan fingerprint density at radius 2 is 1.90 bits per heavy atom. The molecule has 98 valence electrons. The van der Waals surface area contributed by atoms with Crippen LogP contribution in [0.4, 0.5) is 0 Å². The lowest BCUT2D eigenvalue weighted by atomic mass is 9.81. The Labute approximate surface area is 119 Å². The Morgan fingerprint density at radius 3 is 2.81 bits per heavy atom. The Balaban J connectivity index is 2.21. The van der Waals surface area contributed by atoms with Crippen molar-refractivity contribution in [2.24, 2.45) is 4.99 Å². The normalized spacial score (nSPS) is 15.8. The van der Waals surface area contributed by atoms with Crippen LogP contribution in [0.15, 0.2) is 41.5 Å². The molecule has 3 heteroatoms. The molecule has 2 aliphatic rings. The minimum Gasteiger partial charge on any atom is -0.290 e. The first-order valence-electron chi connectivity index (χ1n) is 6.87. The molecular formula is C18H9NO2. The van der Waals surface area contributed by atoms with Gasteiger partial charge < -0.3 is 0 Å². The SMILES string of the molecule is O=C1Cc2ccc3cccc4c5c(c(c2c34)C1=O)C=CN=5. The summed E-state index contributed by atoms with van der Waals surface area (Å²) in [6, 6.07) is 10.1. The van der Waals surface area contributed by atoms with Gasteiger partial charge in [-0.2, -0.15) is 0 Å². The maximum atomic E-state index is 12.4. The Bertz CT molecular complexity index is 1090. The number of fused-ring (bicyclic) bond motifs is 3. The van der Waals surface area contributed by atoms with Gasteiger partial charge in [-0.05, 0) is 27.8 Å². The molecule has 0 amide bonds. The van der Waals surface area contributed by atoms with Crippen molar-refractivity contribution < 1.29 is 9.59 Å². The van der Waals surface area contributed by atoms with E-state index in [9.17, 15) is 9.59 Å². The molecule has 3 aromatic carbocycles. The van der Waals surface area contributed by atoms with Crippen LogP contribution in [-0.4, -0.2) is 11.6 Å². The summed E-state index contributed by atoms with van der Waals surface area (Å²) in [5, 5.41) is 4.93. The highest BCUT2D eigenvalue weighted by molar-refractivity contribution is 6.49. The minimum atomic E-state index is -0.376. The second kappa shape index (κ2) is 3.44. The number of Topliss-reactive ketones (excluding diaryl/α,β-unsaturated/α-hetero) is 2. The molecule has 21 heavy (non-hydrogen) atoms. The van der Waals surface area contributed by atoms with E-state index in [0.29, 0.717) is 5.56 Å². The molecule has 1 aliphatic heterocycles. The maximum absolute atomic E-state index is 12.4. The summed E-state index contributed by atoms with van der Waals surface area (Å²) in [6.07, 6.45) is 3.74. The highest BCUT2D eigenvalue weighted by Crippen LogP contribution is 2.36. The van der Waals surface area contributed by atoms with Crippen LogP contribution in [0.3, 0.4) is 0 Å². The van der Waals surface area contributed by atoms with Crippen molar-refractivity contribution >= 4 is 39.2 Å². The first-order chi connectivity index (χ1) is 10.3. The van der Waals surface area contributed by atoms with Gasteiger partial charge in [0, 0.05) is 29.1 Å². The average molecular weight is 271 g/mol. The van der Waals surface area contributed by atoms with Crippen molar-refractivity contribution in [2.45, 2.75) is 6.42 Å². The third kappa shape index (κ3) is 1.17. The molecule has 3 aromatic rings. The second-order valence-electron chi connectivity index (χ2n) is 5.51. The summed E-state index contributed by atoms with van der Waals surface area (Å²) in [5.41, 5.74) is 2.28. The Morgan fingerprint density at radius 1 is 1.00 bits per heavy atom. The second-order valence-corrected chi connectivity index (χ2v) is 5.51. The van der Waals surface area contributed by atoms with Crippen LogP contribution in [0.25, 0.3) is 27.6 Å². The van der Waals surface area contributed by atoms with Crippen LogP contribution < -0.4 is 5.36 Å². The van der Waals surface area contributed by atoms with Crippen molar-refractivity contribution in [2.75, 3.05) is 0 Å². The number of ketones is 2. The third-order valence-electron chi connectivity index (χ3n) is 4.44. The van der Waals surface area contributed by atoms with Gasteiger partial charge in [-0.25, -0.2) is 0 Å². The molecule has 1 heterocycles. The zero-order valence-electron chi connectivity index (χ0n) is 11.0. The van der Waals surface area contributed by atoms with E-state index in [1.165, 1.54) is 0 Å². The molecule has 0 saturated carbocycles. The van der Waals surface area contributed by atoms with Crippen LogP contribution in [0.1, 0.15) is 21.5 Å². The van der Waals surface area contributed by atoms with Crippen molar-refractivity contribution in [1.29, 1.82) is 0 Å². The summed E-state index contributed by atoms with van der Waals surface area (Å²) in [7, 11) is 0. The first-order valence-corrected chi connectivity index (χ1v) is 6.87. The van der Waals surface area contributed by atoms with E-state index in [1.54, 1.807) is 6.20 Å². The average Bonchev–Trinajstić information content (AvgIpc) is 2.98. The van der Waals surface area contributed by atoms with E-state index < -0.39 is 0 Å². The number of nitrogens with zero attached hydrogens (tertiary/aromatic N) is 1. The fraction of sp³-hybridized carbons (Fsp3) is 0.0556. The summed E-state index contributed by atoms with van der Waals surface area (Å²) in [6.45, 7) is 0. The molecule has 0 N–H and O–H groups in total. The van der Waals surface area contributed by atoms with E-state index in [0.717, 1.165) is 38.0 Å². The number of benzene rings is 3. The molecule has 3 nitrogen and oxygen atoms in total. The summed E-state index contributed by atoms with van der Waals surface area (Å²) >= 11 is 0. The molecule has 0 unspecified atom stereocenters. The standard InChI is InChI=1S/C18H9NO2/c20-13-8-10-5-4-9-2-1-3-11-14(9)15(10)16(18(13)21)12-6-7-19-17(11)12/h1-7H,8H2. The van der Waals surface area contributed by atoms with Gasteiger partial charge >= 0.3 is 0 Å². The van der Waals surface area contributed by atoms with Crippen LogP contribution in [-0.2, 0) is 11.2 Å². The van der Waals surface area contributed by atoms with Crippen LogP contribution in [0, 0.1) is 0 Å². The lowest BCUT2D eigenvalue weighted by Crippen LogP contribution is -2.26. The molecule has 0 atom stereocenters. The van der Waals surface area contributed by atoms with Crippen LogP contribution in [0.2, 0.25) is 0 Å². The Hall–Kier alpha value is -2.81. The number of hydrogen-bond acceptors (Lipinski definition) is 3. The van der Waals surface area contributed by atoms with Gasteiger partial charge in [0.2, 0.25) is 11.6 Å². The van der Waals surface area contributed by atoms with Crippen molar-refractivity contribution in [3.8, 4) is 0 Å². The Kier molecular flexibility index (Phi) is 1.79. The van der Waals surface area contributed by atoms with Gasteiger partial charge in [-0.3, -0.25) is 14.6 Å². The van der Waals surface area contributed by atoms with Gasteiger partial charge in [0.15, 0.2) is 0 Å². The van der Waals surface area contributed by atoms with Crippen molar-refractivity contribution in [3.63, 3.8) is 0 Å². The van der Waals surface area contributed by atoms with E-state index in [4.69, 9.17) is 0 Å². The molecule has 0 spiro atoms. The lowest BCUT2D eigenvalue weighted by Gasteiger charge is -2.19.